The van der Waals surface area contributed by atoms with E-state index in [4.69, 9.17) is 21.1 Å². The summed E-state index contributed by atoms with van der Waals surface area (Å²) in [6.07, 6.45) is -1.15. The maximum absolute atomic E-state index is 13.2. The van der Waals surface area contributed by atoms with Crippen molar-refractivity contribution in [2.75, 3.05) is 11.9 Å². The van der Waals surface area contributed by atoms with E-state index in [-0.39, 0.29) is 28.6 Å². The highest BCUT2D eigenvalue weighted by atomic mass is 35.5. The third-order valence-corrected chi connectivity index (χ3v) is 4.25. The number of esters is 2. The van der Waals surface area contributed by atoms with E-state index in [2.05, 4.69) is 10.3 Å². The first-order chi connectivity index (χ1) is 13.1. The number of anilines is 1. The second-order valence-corrected chi connectivity index (χ2v) is 6.42. The number of hydrogen-bond acceptors (Lipinski definition) is 5. The van der Waals surface area contributed by atoms with Crippen LogP contribution in [0.2, 0.25) is 5.02 Å². The average Bonchev–Trinajstić information content (AvgIpc) is 2.92. The molecule has 1 aromatic carbocycles. The molecule has 2 N–H and O–H groups in total. The standard InChI is InChI=1S/C19H20ClFN2O5/c1-5-27-18(25)15-9(2)16(22-10(15)3)19(26)28-11(4)17(24)23-12-6-7-14(21)13(20)8-12/h6-8,11,22H,5H2,1-4H3,(H,23,24)/t11-/m0/s1. The van der Waals surface area contributed by atoms with Gasteiger partial charge in [0.2, 0.25) is 0 Å². The van der Waals surface area contributed by atoms with Crippen LogP contribution < -0.4 is 5.32 Å². The second-order valence-electron chi connectivity index (χ2n) is 6.01. The number of aromatic amines is 1. The van der Waals surface area contributed by atoms with Gasteiger partial charge in [0, 0.05) is 11.4 Å². The molecule has 0 saturated carbocycles. The molecule has 0 radical (unpaired) electrons. The van der Waals surface area contributed by atoms with Gasteiger partial charge in [-0.15, -0.1) is 0 Å². The number of amides is 1. The largest absolute Gasteiger partial charge is 0.462 e. The normalized spacial score (nSPS) is 11.6. The first-order valence-corrected chi connectivity index (χ1v) is 8.86. The number of hydrogen-bond donors (Lipinski definition) is 2. The zero-order valence-electron chi connectivity index (χ0n) is 15.8. The van der Waals surface area contributed by atoms with Gasteiger partial charge in [-0.25, -0.2) is 14.0 Å². The summed E-state index contributed by atoms with van der Waals surface area (Å²) in [7, 11) is 0. The predicted octanol–water partition coefficient (Wildman–Crippen LogP) is 3.78. The van der Waals surface area contributed by atoms with Gasteiger partial charge in [0.25, 0.3) is 5.91 Å². The lowest BCUT2D eigenvalue weighted by atomic mass is 10.1. The van der Waals surface area contributed by atoms with Crippen molar-refractivity contribution in [1.29, 1.82) is 0 Å². The molecule has 0 aliphatic heterocycles. The van der Waals surface area contributed by atoms with Gasteiger partial charge in [-0.05, 0) is 51.5 Å². The third kappa shape index (κ3) is 4.69. The molecule has 28 heavy (non-hydrogen) atoms. The minimum absolute atomic E-state index is 0.0602. The molecule has 7 nitrogen and oxygen atoms in total. The maximum atomic E-state index is 13.2. The van der Waals surface area contributed by atoms with Crippen LogP contribution >= 0.6 is 11.6 Å². The maximum Gasteiger partial charge on any atom is 0.355 e. The van der Waals surface area contributed by atoms with Gasteiger partial charge in [0.15, 0.2) is 6.10 Å². The Hall–Kier alpha value is -2.87. The Kier molecular flexibility index (Phi) is 6.80. The second kappa shape index (κ2) is 8.88. The summed E-state index contributed by atoms with van der Waals surface area (Å²) in [5, 5.41) is 2.33. The fourth-order valence-electron chi connectivity index (χ4n) is 2.55. The molecular weight excluding hydrogens is 391 g/mol. The van der Waals surface area contributed by atoms with Crippen molar-refractivity contribution in [3.8, 4) is 0 Å². The van der Waals surface area contributed by atoms with Crippen molar-refractivity contribution < 1.29 is 28.2 Å². The zero-order chi connectivity index (χ0) is 21.0. The molecule has 150 valence electrons. The Labute approximate surface area is 166 Å². The van der Waals surface area contributed by atoms with Crippen molar-refractivity contribution >= 4 is 35.1 Å². The number of benzene rings is 1. The van der Waals surface area contributed by atoms with Gasteiger partial charge in [-0.3, -0.25) is 4.79 Å². The molecule has 1 atom stereocenters. The van der Waals surface area contributed by atoms with Crippen molar-refractivity contribution in [2.45, 2.75) is 33.8 Å². The summed E-state index contributed by atoms with van der Waals surface area (Å²) < 4.78 is 23.3. The Balaban J connectivity index is 2.09. The van der Waals surface area contributed by atoms with E-state index >= 15 is 0 Å². The van der Waals surface area contributed by atoms with Crippen molar-refractivity contribution in [3.63, 3.8) is 0 Å². The summed E-state index contributed by atoms with van der Waals surface area (Å²) in [4.78, 5) is 39.4. The predicted molar refractivity (Wildman–Crippen MR) is 101 cm³/mol. The van der Waals surface area contributed by atoms with Gasteiger partial charge in [0.1, 0.15) is 11.5 Å². The van der Waals surface area contributed by atoms with Crippen LogP contribution in [0.25, 0.3) is 0 Å². The van der Waals surface area contributed by atoms with E-state index in [9.17, 15) is 18.8 Å². The fraction of sp³-hybridized carbons (Fsp3) is 0.316. The van der Waals surface area contributed by atoms with Crippen LogP contribution in [0.1, 0.15) is 46.0 Å². The number of ether oxygens (including phenoxy) is 2. The molecule has 0 saturated heterocycles. The molecule has 2 rings (SSSR count). The molecule has 0 aliphatic rings. The third-order valence-electron chi connectivity index (χ3n) is 3.96. The van der Waals surface area contributed by atoms with E-state index in [1.165, 1.54) is 19.1 Å². The molecule has 0 spiro atoms. The fourth-order valence-corrected chi connectivity index (χ4v) is 2.73. The highest BCUT2D eigenvalue weighted by Crippen LogP contribution is 2.21. The molecule has 1 amide bonds. The Morgan fingerprint density at radius 1 is 1.25 bits per heavy atom. The van der Waals surface area contributed by atoms with Crippen molar-refractivity contribution in [3.05, 3.63) is 51.6 Å². The molecule has 0 bridgehead atoms. The lowest BCUT2D eigenvalue weighted by Gasteiger charge is -2.13. The Bertz CT molecular complexity index is 925. The van der Waals surface area contributed by atoms with E-state index in [0.29, 0.717) is 11.3 Å². The monoisotopic (exact) mass is 410 g/mol. The molecule has 0 aliphatic carbocycles. The van der Waals surface area contributed by atoms with E-state index in [1.54, 1.807) is 20.8 Å². The molecule has 0 fully saturated rings. The average molecular weight is 411 g/mol. The molecule has 0 unspecified atom stereocenters. The van der Waals surface area contributed by atoms with E-state index in [0.717, 1.165) is 6.07 Å². The van der Waals surface area contributed by atoms with E-state index < -0.39 is 29.8 Å². The minimum Gasteiger partial charge on any atom is -0.462 e. The first kappa shape index (κ1) is 21.4. The quantitative estimate of drug-likeness (QED) is 0.706. The van der Waals surface area contributed by atoms with Crippen molar-refractivity contribution in [2.24, 2.45) is 0 Å². The highest BCUT2D eigenvalue weighted by Gasteiger charge is 2.26. The van der Waals surface area contributed by atoms with Crippen LogP contribution in [0.15, 0.2) is 18.2 Å². The summed E-state index contributed by atoms with van der Waals surface area (Å²) in [6.45, 7) is 6.48. The zero-order valence-corrected chi connectivity index (χ0v) is 16.6. The minimum atomic E-state index is -1.15. The van der Waals surface area contributed by atoms with Crippen LogP contribution in [-0.4, -0.2) is 35.5 Å². The van der Waals surface area contributed by atoms with Gasteiger partial charge >= 0.3 is 11.9 Å². The number of carbonyl (C=O) groups is 3. The Morgan fingerprint density at radius 3 is 2.54 bits per heavy atom. The lowest BCUT2D eigenvalue weighted by Crippen LogP contribution is -2.30. The first-order valence-electron chi connectivity index (χ1n) is 8.48. The molecule has 1 heterocycles. The number of H-pyrrole nitrogens is 1. The topological polar surface area (TPSA) is 97.5 Å². The number of rotatable bonds is 6. The van der Waals surface area contributed by atoms with Crippen LogP contribution in [0, 0.1) is 19.7 Å². The summed E-state index contributed by atoms with van der Waals surface area (Å²) in [5.41, 5.74) is 1.41. The van der Waals surface area contributed by atoms with Crippen LogP contribution in [0.4, 0.5) is 10.1 Å². The van der Waals surface area contributed by atoms with Crippen molar-refractivity contribution in [1.82, 2.24) is 4.98 Å². The SMILES string of the molecule is CCOC(=O)c1c(C)[nH]c(C(=O)O[C@@H](C)C(=O)Nc2ccc(F)c(Cl)c2)c1C. The number of aryl methyl sites for hydroxylation is 1. The number of halogens is 2. The highest BCUT2D eigenvalue weighted by molar-refractivity contribution is 6.31. The molecule has 9 heteroatoms. The number of nitrogens with one attached hydrogen (secondary N) is 2. The molecule has 2 aromatic rings. The number of carbonyl (C=O) groups excluding carboxylic acids is 3. The molecular formula is C19H20ClFN2O5. The Morgan fingerprint density at radius 2 is 1.93 bits per heavy atom. The van der Waals surface area contributed by atoms with Gasteiger partial charge < -0.3 is 19.8 Å². The smallest absolute Gasteiger partial charge is 0.355 e. The van der Waals surface area contributed by atoms with Crippen LogP contribution in [-0.2, 0) is 14.3 Å². The summed E-state index contributed by atoms with van der Waals surface area (Å²) in [6, 6.07) is 3.68. The summed E-state index contributed by atoms with van der Waals surface area (Å²) >= 11 is 5.67. The van der Waals surface area contributed by atoms with Gasteiger partial charge in [0.05, 0.1) is 17.2 Å². The van der Waals surface area contributed by atoms with Gasteiger partial charge in [-0.2, -0.15) is 0 Å². The lowest BCUT2D eigenvalue weighted by molar-refractivity contribution is -0.123. The molecule has 1 aromatic heterocycles. The summed E-state index contributed by atoms with van der Waals surface area (Å²) in [5.74, 6) is -2.58. The van der Waals surface area contributed by atoms with E-state index in [1.807, 2.05) is 0 Å². The van der Waals surface area contributed by atoms with Gasteiger partial charge in [-0.1, -0.05) is 11.6 Å². The van der Waals surface area contributed by atoms with Crippen LogP contribution in [0.5, 0.6) is 0 Å². The van der Waals surface area contributed by atoms with Crippen LogP contribution in [0.3, 0.4) is 0 Å². The number of aromatic nitrogens is 1.